The molecular formula is C23H27F3N4O3S. The van der Waals surface area contributed by atoms with Gasteiger partial charge in [0.1, 0.15) is 5.54 Å². The number of allylic oxidation sites excluding steroid dienone is 4. The molecule has 1 spiro atoms. The fourth-order valence-corrected chi connectivity index (χ4v) is 6.03. The molecule has 0 radical (unpaired) electrons. The Kier molecular flexibility index (Phi) is 6.71. The number of hydrogen-bond donors (Lipinski definition) is 3. The molecule has 0 bridgehead atoms. The van der Waals surface area contributed by atoms with E-state index in [1.807, 2.05) is 4.90 Å². The highest BCUT2D eigenvalue weighted by atomic mass is 32.2. The molecular weight excluding hydrogens is 469 g/mol. The number of aliphatic hydroxyl groups excluding tert-OH is 1. The summed E-state index contributed by atoms with van der Waals surface area (Å²) in [7, 11) is 0. The molecule has 3 heterocycles. The SMILES string of the molecule is C=CC1=C(C=C)N(CC(O)CN2CCC3(CC2)NC(=O)NC3=O)C2CC(C(F)(F)F)=CC=C2S1. The number of alkyl halides is 3. The molecule has 4 rings (SSSR count). The number of nitrogens with zero attached hydrogens (tertiary/aromatic N) is 2. The van der Waals surface area contributed by atoms with E-state index in [1.165, 1.54) is 17.8 Å². The van der Waals surface area contributed by atoms with Crippen LogP contribution in [0.1, 0.15) is 19.3 Å². The number of amides is 3. The Bertz CT molecular complexity index is 996. The first-order chi connectivity index (χ1) is 16.1. The minimum Gasteiger partial charge on any atom is -0.390 e. The number of likely N-dealkylation sites (tertiary alicyclic amines) is 1. The minimum absolute atomic E-state index is 0.116. The van der Waals surface area contributed by atoms with Crippen molar-refractivity contribution in [1.29, 1.82) is 0 Å². The van der Waals surface area contributed by atoms with Gasteiger partial charge >= 0.3 is 12.2 Å². The zero-order valence-electron chi connectivity index (χ0n) is 18.5. The molecule has 7 nitrogen and oxygen atoms in total. The van der Waals surface area contributed by atoms with Gasteiger partial charge in [0, 0.05) is 48.0 Å². The molecule has 0 saturated carbocycles. The lowest BCUT2D eigenvalue weighted by Gasteiger charge is -2.44. The maximum absolute atomic E-state index is 13.4. The molecule has 0 aromatic carbocycles. The van der Waals surface area contributed by atoms with Gasteiger partial charge in [-0.3, -0.25) is 10.1 Å². The number of fused-ring (bicyclic) bond motifs is 1. The summed E-state index contributed by atoms with van der Waals surface area (Å²) in [4.78, 5) is 29.0. The number of halogens is 3. The summed E-state index contributed by atoms with van der Waals surface area (Å²) in [6, 6.07) is -1.05. The summed E-state index contributed by atoms with van der Waals surface area (Å²) in [6.45, 7) is 9.05. The monoisotopic (exact) mass is 496 g/mol. The van der Waals surface area contributed by atoms with Crippen LogP contribution in [-0.4, -0.2) is 76.9 Å². The van der Waals surface area contributed by atoms with E-state index < -0.39 is 35.5 Å². The molecule has 2 unspecified atom stereocenters. The standard InChI is InChI=1S/C23H27F3N4O3S/c1-3-16-18(4-2)34-19-6-5-14(23(24,25)26)11-17(19)30(16)13-15(31)12-29-9-7-22(8-10-29)20(32)27-21(33)28-22/h3-6,15,17,31H,1-2,7-13H2,(H2,27,28,32,33). The summed E-state index contributed by atoms with van der Waals surface area (Å²) in [5.41, 5.74) is -0.861. The van der Waals surface area contributed by atoms with Gasteiger partial charge in [0.15, 0.2) is 0 Å². The molecule has 184 valence electrons. The van der Waals surface area contributed by atoms with E-state index in [9.17, 15) is 27.9 Å². The summed E-state index contributed by atoms with van der Waals surface area (Å²) in [6.07, 6.45) is 1.21. The molecule has 11 heteroatoms. The molecule has 2 fully saturated rings. The van der Waals surface area contributed by atoms with Crippen LogP contribution < -0.4 is 10.6 Å². The lowest BCUT2D eigenvalue weighted by molar-refractivity contribution is -0.125. The number of thioether (sulfide) groups is 1. The first-order valence-corrected chi connectivity index (χ1v) is 11.8. The fourth-order valence-electron chi connectivity index (χ4n) is 4.91. The van der Waals surface area contributed by atoms with Crippen molar-refractivity contribution in [3.05, 3.63) is 58.5 Å². The fraction of sp³-hybridized carbons (Fsp3) is 0.478. The van der Waals surface area contributed by atoms with Crippen LogP contribution in [0.4, 0.5) is 18.0 Å². The zero-order valence-corrected chi connectivity index (χ0v) is 19.3. The maximum Gasteiger partial charge on any atom is 0.412 e. The van der Waals surface area contributed by atoms with Crippen molar-refractivity contribution in [3.8, 4) is 0 Å². The number of piperidine rings is 1. The first kappa shape index (κ1) is 24.6. The Morgan fingerprint density at radius 3 is 2.47 bits per heavy atom. The van der Waals surface area contributed by atoms with E-state index in [4.69, 9.17) is 0 Å². The predicted molar refractivity (Wildman–Crippen MR) is 123 cm³/mol. The highest BCUT2D eigenvalue weighted by Crippen LogP contribution is 2.46. The van der Waals surface area contributed by atoms with Crippen LogP contribution in [0.15, 0.2) is 58.5 Å². The van der Waals surface area contributed by atoms with Gasteiger partial charge in [-0.2, -0.15) is 13.2 Å². The molecule has 34 heavy (non-hydrogen) atoms. The summed E-state index contributed by atoms with van der Waals surface area (Å²) in [5, 5.41) is 15.9. The third kappa shape index (κ3) is 4.69. The molecule has 2 atom stereocenters. The number of carbonyl (C=O) groups is 2. The molecule has 3 aliphatic heterocycles. The van der Waals surface area contributed by atoms with Crippen LogP contribution in [0.2, 0.25) is 0 Å². The number of β-amino-alcohol motifs (C(OH)–C–C–N with tert-alkyl or cyclic N) is 1. The lowest BCUT2D eigenvalue weighted by atomic mass is 9.87. The summed E-state index contributed by atoms with van der Waals surface area (Å²) < 4.78 is 40.2. The minimum atomic E-state index is -4.42. The van der Waals surface area contributed by atoms with Crippen LogP contribution in [0, 0.1) is 0 Å². The van der Waals surface area contributed by atoms with Crippen molar-refractivity contribution in [3.63, 3.8) is 0 Å². The second kappa shape index (κ2) is 9.27. The van der Waals surface area contributed by atoms with Gasteiger partial charge < -0.3 is 20.2 Å². The predicted octanol–water partition coefficient (Wildman–Crippen LogP) is 2.80. The van der Waals surface area contributed by atoms with Crippen molar-refractivity contribution in [2.24, 2.45) is 0 Å². The van der Waals surface area contributed by atoms with Gasteiger partial charge in [0.05, 0.1) is 17.8 Å². The Morgan fingerprint density at radius 2 is 1.91 bits per heavy atom. The summed E-state index contributed by atoms with van der Waals surface area (Å²) >= 11 is 1.37. The largest absolute Gasteiger partial charge is 0.412 e. The van der Waals surface area contributed by atoms with Crippen LogP contribution in [0.25, 0.3) is 0 Å². The van der Waals surface area contributed by atoms with E-state index in [1.54, 1.807) is 17.1 Å². The maximum atomic E-state index is 13.4. The Balaban J connectivity index is 1.45. The van der Waals surface area contributed by atoms with Crippen LogP contribution >= 0.6 is 11.8 Å². The van der Waals surface area contributed by atoms with Gasteiger partial charge in [0.2, 0.25) is 0 Å². The zero-order chi connectivity index (χ0) is 24.7. The topological polar surface area (TPSA) is 84.9 Å². The molecule has 0 aromatic rings. The number of imide groups is 1. The van der Waals surface area contributed by atoms with Crippen LogP contribution in [0.3, 0.4) is 0 Å². The van der Waals surface area contributed by atoms with E-state index >= 15 is 0 Å². The number of aliphatic hydroxyl groups is 1. The van der Waals surface area contributed by atoms with Gasteiger partial charge in [-0.1, -0.05) is 37.1 Å². The molecule has 3 amide bonds. The van der Waals surface area contributed by atoms with Crippen molar-refractivity contribution in [2.75, 3.05) is 26.2 Å². The Hall–Kier alpha value is -2.50. The average molecular weight is 497 g/mol. The summed E-state index contributed by atoms with van der Waals surface area (Å²) in [5.74, 6) is -0.327. The van der Waals surface area contributed by atoms with Crippen LogP contribution in [0.5, 0.6) is 0 Å². The smallest absolute Gasteiger partial charge is 0.390 e. The number of urea groups is 1. The van der Waals surface area contributed by atoms with E-state index in [0.717, 1.165) is 15.9 Å². The average Bonchev–Trinajstić information content (AvgIpc) is 3.06. The molecule has 3 N–H and O–H groups in total. The van der Waals surface area contributed by atoms with Gasteiger partial charge in [-0.15, -0.1) is 0 Å². The second-order valence-corrected chi connectivity index (χ2v) is 9.95. The van der Waals surface area contributed by atoms with E-state index in [0.29, 0.717) is 31.6 Å². The number of hydrogen-bond acceptors (Lipinski definition) is 6. The van der Waals surface area contributed by atoms with Crippen molar-refractivity contribution < 1.29 is 27.9 Å². The van der Waals surface area contributed by atoms with Gasteiger partial charge in [0.25, 0.3) is 5.91 Å². The second-order valence-electron chi connectivity index (χ2n) is 8.84. The van der Waals surface area contributed by atoms with Crippen molar-refractivity contribution >= 4 is 23.7 Å². The van der Waals surface area contributed by atoms with Crippen molar-refractivity contribution in [1.82, 2.24) is 20.4 Å². The number of carbonyl (C=O) groups excluding carboxylic acids is 2. The van der Waals surface area contributed by atoms with E-state index in [-0.39, 0.29) is 25.4 Å². The lowest BCUT2D eigenvalue weighted by Crippen LogP contribution is -2.56. The van der Waals surface area contributed by atoms with Gasteiger partial charge in [-0.25, -0.2) is 4.79 Å². The number of nitrogens with one attached hydrogen (secondary N) is 2. The molecule has 0 aromatic heterocycles. The van der Waals surface area contributed by atoms with E-state index in [2.05, 4.69) is 23.8 Å². The molecule has 1 aliphatic carbocycles. The third-order valence-corrected chi connectivity index (χ3v) is 7.94. The van der Waals surface area contributed by atoms with Crippen LogP contribution in [-0.2, 0) is 4.79 Å². The number of rotatable bonds is 6. The molecule has 2 saturated heterocycles. The van der Waals surface area contributed by atoms with Gasteiger partial charge in [-0.05, 0) is 25.0 Å². The highest BCUT2D eigenvalue weighted by Gasteiger charge is 2.48. The molecule has 4 aliphatic rings. The van der Waals surface area contributed by atoms with Crippen molar-refractivity contribution in [2.45, 2.75) is 43.1 Å². The Labute approximate surface area is 200 Å². The first-order valence-electron chi connectivity index (χ1n) is 11.0. The Morgan fingerprint density at radius 1 is 1.21 bits per heavy atom. The third-order valence-electron chi connectivity index (χ3n) is 6.70. The highest BCUT2D eigenvalue weighted by molar-refractivity contribution is 8.07. The quantitative estimate of drug-likeness (QED) is 0.491. The normalized spacial score (nSPS) is 25.9.